The Hall–Kier alpha value is -8.39. The molecule has 7 aromatic rings. The number of rotatable bonds is 21. The zero-order valence-electron chi connectivity index (χ0n) is 47.3. The Morgan fingerprint density at radius 2 is 1.04 bits per heavy atom. The molecule has 2 fully saturated rings. The van der Waals surface area contributed by atoms with E-state index in [-0.39, 0.29) is 11.1 Å². The lowest BCUT2D eigenvalue weighted by molar-refractivity contribution is -0.835. The maximum atomic E-state index is 18.1. The molecule has 2 saturated heterocycles. The minimum absolute atomic E-state index is 0.00452. The number of urea groups is 1. The molecular weight excluding hydrogens is 1120 g/mol. The molecule has 0 radical (unpaired) electrons. The number of aromatic amines is 1. The molecule has 9 atom stereocenters. The second-order valence-electron chi connectivity index (χ2n) is 20.8. The Morgan fingerprint density at radius 3 is 1.51 bits per heavy atom. The van der Waals surface area contributed by atoms with Gasteiger partial charge in [0, 0.05) is 11.8 Å². The van der Waals surface area contributed by atoms with Gasteiger partial charge in [0.15, 0.2) is 24.9 Å². The van der Waals surface area contributed by atoms with Crippen LogP contribution in [0.15, 0.2) is 185 Å². The minimum Gasteiger partial charge on any atom is -0.497 e. The molecule has 0 bridgehead atoms. The molecule has 3 aliphatic rings. The molecule has 85 heavy (non-hydrogen) atoms. The highest BCUT2D eigenvalue weighted by Gasteiger charge is 2.60. The molecule has 0 aliphatic carbocycles. The van der Waals surface area contributed by atoms with Crippen molar-refractivity contribution in [3.8, 4) is 23.0 Å². The number of carbonyl (C=O) groups is 2. The lowest BCUT2D eigenvalue weighted by Crippen LogP contribution is -2.64. The highest BCUT2D eigenvalue weighted by Crippen LogP contribution is 2.47. The summed E-state index contributed by atoms with van der Waals surface area (Å²) < 4.78 is 121. The molecule has 3 amide bonds. The molecule has 23 heteroatoms. The van der Waals surface area contributed by atoms with E-state index in [1.807, 2.05) is 18.2 Å². The number of benzene rings is 6. The number of nitrogens with zero attached hydrogens (tertiary/aromatic N) is 2. The third kappa shape index (κ3) is 11.4. The van der Waals surface area contributed by atoms with E-state index in [2.05, 4.69) is 19.7 Å². The van der Waals surface area contributed by atoms with Crippen LogP contribution in [0.5, 0.6) is 23.0 Å². The van der Waals surface area contributed by atoms with Crippen molar-refractivity contribution in [2.45, 2.75) is 74.3 Å². The predicted molar refractivity (Wildman–Crippen MR) is 306 cm³/mol. The van der Waals surface area contributed by atoms with Gasteiger partial charge in [0.2, 0.25) is 6.23 Å². The standard InChI is InChI=1S/C62H62F2N6O14S/c1-37-34-69(59(73)65-54(37)71)56-50(63)53(58(83-56)84-62(40-16-12-9-13-17-40,43-22-30-47(79-6)31-23-43)44-24-32-48(80-7)33-25-44)68-85(75,76)67-52-49(82-57(51(52)64)70(3)35-38(2)55(72)66-60(70)74)36-81-61(39-14-10-8-11-15-39,41-18-26-45(77-4)27-19-41)42-20-28-46(78-5)29-21-42/h8-35,49-53,56-58,67-68H,36H2,1-7H3,(H-,65,66,71,72,73,74)/p+1/t49-,50-,51-,52-,53+,56-,57-,58-,70?/m1/s1. The van der Waals surface area contributed by atoms with E-state index in [1.165, 1.54) is 55.5 Å². The fraction of sp³-hybridized carbons (Fsp3) is 0.290. The fourth-order valence-electron chi connectivity index (χ4n) is 11.2. The number of aryl methyl sites for hydroxylation is 1. The number of carbonyl (C=O) groups excluding carboxylic acids is 2. The summed E-state index contributed by atoms with van der Waals surface area (Å²) in [7, 11) is 2.05. The van der Waals surface area contributed by atoms with E-state index in [4.69, 9.17) is 37.9 Å². The first-order valence-electron chi connectivity index (χ1n) is 26.9. The molecule has 20 nitrogen and oxygen atoms in total. The van der Waals surface area contributed by atoms with Crippen molar-refractivity contribution in [2.75, 3.05) is 42.1 Å². The highest BCUT2D eigenvalue weighted by atomic mass is 32.2. The average molecular weight is 1190 g/mol. The van der Waals surface area contributed by atoms with Crippen molar-refractivity contribution in [2.24, 2.45) is 0 Å². The second-order valence-corrected chi connectivity index (χ2v) is 22.3. The number of amides is 3. The lowest BCUT2D eigenvalue weighted by Gasteiger charge is -2.39. The third-order valence-corrected chi connectivity index (χ3v) is 16.8. The first-order chi connectivity index (χ1) is 40.8. The van der Waals surface area contributed by atoms with Crippen LogP contribution in [0.3, 0.4) is 0 Å². The molecule has 3 aliphatic heterocycles. The van der Waals surface area contributed by atoms with Gasteiger partial charge in [-0.2, -0.15) is 22.3 Å². The number of methoxy groups -OCH3 is 4. The van der Waals surface area contributed by atoms with Gasteiger partial charge < -0.3 is 37.9 Å². The molecule has 1 aromatic heterocycles. The predicted octanol–water partition coefficient (Wildman–Crippen LogP) is 6.91. The van der Waals surface area contributed by atoms with E-state index in [1.54, 1.807) is 140 Å². The first kappa shape index (κ1) is 59.8. The Bertz CT molecular complexity index is 3710. The monoisotopic (exact) mass is 1190 g/mol. The summed E-state index contributed by atoms with van der Waals surface area (Å²) in [6.45, 7) is 2.21. The van der Waals surface area contributed by atoms with Crippen molar-refractivity contribution >= 4 is 22.1 Å². The lowest BCUT2D eigenvalue weighted by atomic mass is 9.80. The van der Waals surface area contributed by atoms with Crippen molar-refractivity contribution < 1.29 is 69.2 Å². The van der Waals surface area contributed by atoms with Gasteiger partial charge in [0.1, 0.15) is 52.5 Å². The van der Waals surface area contributed by atoms with Crippen LogP contribution in [0.1, 0.15) is 52.1 Å². The van der Waals surface area contributed by atoms with E-state index in [0.717, 1.165) is 10.8 Å². The van der Waals surface area contributed by atoms with Crippen molar-refractivity contribution in [3.05, 3.63) is 235 Å². The number of alkyl halides is 2. The van der Waals surface area contributed by atoms with Gasteiger partial charge in [-0.15, -0.1) is 0 Å². The van der Waals surface area contributed by atoms with Crippen molar-refractivity contribution in [1.29, 1.82) is 0 Å². The molecule has 6 aromatic carbocycles. The van der Waals surface area contributed by atoms with Gasteiger partial charge in [-0.1, -0.05) is 109 Å². The molecular formula is C62H63F2N6O14S+. The van der Waals surface area contributed by atoms with Gasteiger partial charge in [-0.3, -0.25) is 19.1 Å². The summed E-state index contributed by atoms with van der Waals surface area (Å²) in [5.74, 6) is 1.27. The topological polar surface area (TPSA) is 233 Å². The molecule has 0 saturated carbocycles. The summed E-state index contributed by atoms with van der Waals surface area (Å²) >= 11 is 0. The molecule has 4 heterocycles. The van der Waals surface area contributed by atoms with Gasteiger partial charge >= 0.3 is 11.7 Å². The van der Waals surface area contributed by atoms with Crippen LogP contribution in [-0.4, -0.2) is 120 Å². The number of aromatic nitrogens is 2. The fourth-order valence-corrected chi connectivity index (χ4v) is 12.5. The quantitative estimate of drug-likeness (QED) is 0.0423. The van der Waals surface area contributed by atoms with Crippen LogP contribution in [0.2, 0.25) is 0 Å². The van der Waals surface area contributed by atoms with E-state index in [9.17, 15) is 19.2 Å². The Labute approximate surface area is 488 Å². The summed E-state index contributed by atoms with van der Waals surface area (Å²) in [5, 5.41) is 2.24. The SMILES string of the molecule is COc1ccc(C(OC[C@H]2O[C@@H]([N+]3(C)C=C(C)C(=O)NC3=O)[C@H](F)[C@@H]2NS(=O)(=O)N[C@@H]2[C@@H](OC(c3ccccc3)(c3ccc(OC)cc3)c3ccc(OC)cc3)O[C@@H](n3cc(C)c(=O)[nH]c3=O)[C@@H]2F)(c2ccccc2)c2ccc(OC)cc2)cc1. The van der Waals surface area contributed by atoms with Gasteiger partial charge in [0.25, 0.3) is 21.7 Å². The first-order valence-corrected chi connectivity index (χ1v) is 28.4. The Balaban J connectivity index is 1.08. The zero-order chi connectivity index (χ0) is 60.4. The maximum Gasteiger partial charge on any atom is 0.430 e. The van der Waals surface area contributed by atoms with Gasteiger partial charge in [-0.25, -0.2) is 23.7 Å². The molecule has 4 N–H and O–H groups in total. The summed E-state index contributed by atoms with van der Waals surface area (Å²) in [6, 6.07) is 40.4. The van der Waals surface area contributed by atoms with Crippen LogP contribution in [-0.2, 0) is 45.2 Å². The number of ether oxygens (including phenoxy) is 8. The Morgan fingerprint density at radius 1 is 0.600 bits per heavy atom. The number of quaternary nitrogens is 1. The third-order valence-electron chi connectivity index (χ3n) is 15.6. The van der Waals surface area contributed by atoms with Crippen molar-refractivity contribution in [1.82, 2.24) is 24.3 Å². The second kappa shape index (κ2) is 24.3. The van der Waals surface area contributed by atoms with Crippen LogP contribution < -0.4 is 45.0 Å². The molecule has 1 unspecified atom stereocenters. The smallest absolute Gasteiger partial charge is 0.430 e. The minimum atomic E-state index is -5.27. The average Bonchev–Trinajstić information content (AvgIpc) is 1.97. The number of hydrogen-bond donors (Lipinski definition) is 4. The number of imide groups is 1. The largest absolute Gasteiger partial charge is 0.497 e. The van der Waals surface area contributed by atoms with Gasteiger partial charge in [0.05, 0.1) is 53.7 Å². The molecule has 444 valence electrons. The molecule has 10 rings (SSSR count). The number of halogens is 2. The van der Waals surface area contributed by atoms with Crippen LogP contribution in [0.25, 0.3) is 0 Å². The van der Waals surface area contributed by atoms with E-state index in [0.29, 0.717) is 56.4 Å². The van der Waals surface area contributed by atoms with E-state index < -0.39 is 105 Å². The zero-order valence-corrected chi connectivity index (χ0v) is 48.1. The highest BCUT2D eigenvalue weighted by molar-refractivity contribution is 7.87. The van der Waals surface area contributed by atoms with Crippen LogP contribution in [0.4, 0.5) is 13.6 Å². The summed E-state index contributed by atoms with van der Waals surface area (Å²) in [6.07, 6.45) is -9.99. The maximum absolute atomic E-state index is 18.1. The number of hydrogen-bond acceptors (Lipinski definition) is 14. The van der Waals surface area contributed by atoms with Crippen LogP contribution in [0, 0.1) is 6.92 Å². The van der Waals surface area contributed by atoms with E-state index >= 15 is 17.2 Å². The molecule has 0 spiro atoms. The Kier molecular flexibility index (Phi) is 17.1. The van der Waals surface area contributed by atoms with Crippen molar-refractivity contribution in [3.63, 3.8) is 0 Å². The summed E-state index contributed by atoms with van der Waals surface area (Å²) in [5.41, 5.74) is -2.12. The number of nitrogens with one attached hydrogen (secondary N) is 4. The number of H-pyrrole nitrogens is 1. The normalized spacial score (nSPS) is 23.5. The van der Waals surface area contributed by atoms with Gasteiger partial charge in [-0.05, 0) is 95.8 Å². The summed E-state index contributed by atoms with van der Waals surface area (Å²) in [4.78, 5) is 55.1. The van der Waals surface area contributed by atoms with Crippen LogP contribution >= 0.6 is 0 Å².